The number of hydrogen-bond acceptors (Lipinski definition) is 5. The van der Waals surface area contributed by atoms with E-state index in [0.717, 1.165) is 53.8 Å². The van der Waals surface area contributed by atoms with Gasteiger partial charge < -0.3 is 19.2 Å². The molecule has 7 nitrogen and oxygen atoms in total. The molecule has 2 saturated carbocycles. The van der Waals surface area contributed by atoms with Crippen LogP contribution in [0, 0.1) is 31.6 Å². The molecule has 206 valence electrons. The summed E-state index contributed by atoms with van der Waals surface area (Å²) in [4.78, 5) is 32.0. The third-order valence-corrected chi connectivity index (χ3v) is 8.33. The monoisotopic (exact) mass is 530 g/mol. The highest BCUT2D eigenvalue weighted by molar-refractivity contribution is 5.86. The number of carbonyl (C=O) groups is 2. The van der Waals surface area contributed by atoms with E-state index in [0.29, 0.717) is 44.4 Å². The second-order valence-electron chi connectivity index (χ2n) is 11.2. The van der Waals surface area contributed by atoms with E-state index < -0.39 is 17.8 Å². The summed E-state index contributed by atoms with van der Waals surface area (Å²) in [7, 11) is 0. The fourth-order valence-electron chi connectivity index (χ4n) is 5.95. The van der Waals surface area contributed by atoms with E-state index in [9.17, 15) is 14.7 Å². The van der Waals surface area contributed by atoms with Gasteiger partial charge in [-0.05, 0) is 69.6 Å². The lowest BCUT2D eigenvalue weighted by Crippen LogP contribution is -2.50. The van der Waals surface area contributed by atoms with Crippen LogP contribution < -0.4 is 0 Å². The number of carboxylic acids is 1. The highest BCUT2D eigenvalue weighted by Gasteiger charge is 2.44. The zero-order chi connectivity index (χ0) is 27.4. The van der Waals surface area contributed by atoms with Crippen LogP contribution in [0.5, 0.6) is 0 Å². The number of hydrogen-bond donors (Lipinski definition) is 1. The predicted molar refractivity (Wildman–Crippen MR) is 148 cm³/mol. The van der Waals surface area contributed by atoms with Crippen LogP contribution in [0.3, 0.4) is 0 Å². The number of carbonyl (C=O) groups excluding carboxylic acids is 1. The van der Waals surface area contributed by atoms with Crippen molar-refractivity contribution in [2.24, 2.45) is 17.8 Å². The van der Waals surface area contributed by atoms with Gasteiger partial charge in [-0.1, -0.05) is 54.4 Å². The van der Waals surface area contributed by atoms with Crippen LogP contribution in [0.15, 0.2) is 59.0 Å². The first-order valence-electron chi connectivity index (χ1n) is 14.1. The second kappa shape index (κ2) is 12.2. The van der Waals surface area contributed by atoms with Crippen molar-refractivity contribution in [1.82, 2.24) is 9.88 Å². The second-order valence-corrected chi connectivity index (χ2v) is 11.2. The molecule has 1 amide bonds. The number of aryl methyl sites for hydroxylation is 2. The van der Waals surface area contributed by atoms with Gasteiger partial charge >= 0.3 is 5.97 Å². The summed E-state index contributed by atoms with van der Waals surface area (Å²) in [6, 6.07) is 18.2. The van der Waals surface area contributed by atoms with Gasteiger partial charge in [-0.3, -0.25) is 9.59 Å². The molecule has 0 radical (unpaired) electrons. The Labute approximate surface area is 230 Å². The molecule has 0 saturated heterocycles. The molecule has 0 spiro atoms. The lowest BCUT2D eigenvalue weighted by molar-refractivity contribution is -0.158. The van der Waals surface area contributed by atoms with Crippen LogP contribution in [-0.2, 0) is 27.5 Å². The Hall–Kier alpha value is -3.45. The number of rotatable bonds is 10. The van der Waals surface area contributed by atoms with Crippen molar-refractivity contribution < 1.29 is 23.8 Å². The Morgan fingerprint density at radius 2 is 1.82 bits per heavy atom. The smallest absolute Gasteiger partial charge is 0.307 e. The molecule has 2 aliphatic rings. The molecule has 2 aliphatic carbocycles. The number of nitrogens with zero attached hydrogens (tertiary/aromatic N) is 2. The van der Waals surface area contributed by atoms with E-state index in [1.165, 1.54) is 0 Å². The zero-order valence-corrected chi connectivity index (χ0v) is 22.8. The van der Waals surface area contributed by atoms with Crippen molar-refractivity contribution in [2.75, 3.05) is 6.61 Å². The molecule has 1 heterocycles. The van der Waals surface area contributed by atoms with E-state index in [4.69, 9.17) is 9.15 Å². The maximum atomic E-state index is 13.6. The lowest BCUT2D eigenvalue weighted by atomic mass is 9.72. The van der Waals surface area contributed by atoms with Crippen molar-refractivity contribution in [3.05, 3.63) is 77.2 Å². The minimum absolute atomic E-state index is 0.00836. The van der Waals surface area contributed by atoms with Crippen molar-refractivity contribution in [3.8, 4) is 11.5 Å². The van der Waals surface area contributed by atoms with Gasteiger partial charge in [0.05, 0.1) is 18.4 Å². The average molecular weight is 531 g/mol. The number of amides is 1. The first-order valence-corrected chi connectivity index (χ1v) is 14.1. The Kier molecular flexibility index (Phi) is 8.46. The molecule has 1 aromatic heterocycles. The van der Waals surface area contributed by atoms with E-state index in [1.807, 2.05) is 67.3 Å². The fraction of sp³-hybridized carbons (Fsp3) is 0.469. The minimum Gasteiger partial charge on any atom is -0.481 e. The Balaban J connectivity index is 1.22. The molecule has 5 rings (SSSR count). The highest BCUT2D eigenvalue weighted by atomic mass is 16.5. The summed E-state index contributed by atoms with van der Waals surface area (Å²) >= 11 is 0. The standard InChI is InChI=1S/C32H38N2O5/c1-21-8-6-12-25(16-21)30-33-29(22(2)39-30)20-38-19-24-11-7-13-26(17-24)34(18-23-9-4-3-5-10-23)31(35)27-14-15-28(27)32(36)37/h3-6,8-10,12,16,24,26-28H,7,11,13-15,17-20H2,1-2H3,(H,36,37). The van der Waals surface area contributed by atoms with Gasteiger partial charge in [0.25, 0.3) is 0 Å². The summed E-state index contributed by atoms with van der Waals surface area (Å²) in [6.07, 6.45) is 5.10. The number of aliphatic carboxylic acids is 1. The average Bonchev–Trinajstić information content (AvgIpc) is 3.27. The topological polar surface area (TPSA) is 92.9 Å². The van der Waals surface area contributed by atoms with Gasteiger partial charge in [0, 0.05) is 24.8 Å². The first-order chi connectivity index (χ1) is 18.9. The van der Waals surface area contributed by atoms with Crippen molar-refractivity contribution in [3.63, 3.8) is 0 Å². The predicted octanol–water partition coefficient (Wildman–Crippen LogP) is 6.17. The lowest BCUT2D eigenvalue weighted by Gasteiger charge is -2.42. The van der Waals surface area contributed by atoms with Gasteiger partial charge in [0.15, 0.2) is 0 Å². The van der Waals surface area contributed by atoms with Gasteiger partial charge in [0.1, 0.15) is 11.5 Å². The van der Waals surface area contributed by atoms with Crippen LogP contribution >= 0.6 is 0 Å². The molecule has 4 atom stereocenters. The van der Waals surface area contributed by atoms with E-state index in [2.05, 4.69) is 11.1 Å². The number of carboxylic acid groups (broad SMARTS) is 1. The molecular formula is C32H38N2O5. The quantitative estimate of drug-likeness (QED) is 0.337. The van der Waals surface area contributed by atoms with Gasteiger partial charge in [-0.15, -0.1) is 0 Å². The summed E-state index contributed by atoms with van der Waals surface area (Å²) in [5.41, 5.74) is 3.99. The van der Waals surface area contributed by atoms with Crippen molar-refractivity contribution >= 4 is 11.9 Å². The molecule has 4 unspecified atom stereocenters. The van der Waals surface area contributed by atoms with Crippen LogP contribution in [0.1, 0.15) is 61.1 Å². The van der Waals surface area contributed by atoms with Gasteiger partial charge in [0.2, 0.25) is 11.8 Å². The molecule has 1 N–H and O–H groups in total. The van der Waals surface area contributed by atoms with Gasteiger partial charge in [-0.2, -0.15) is 0 Å². The van der Waals surface area contributed by atoms with E-state index >= 15 is 0 Å². The van der Waals surface area contributed by atoms with Crippen molar-refractivity contribution in [1.29, 1.82) is 0 Å². The SMILES string of the molecule is Cc1cccc(-c2nc(COCC3CCCC(N(Cc4ccccc4)C(=O)C4CCC4C(=O)O)C3)c(C)o2)c1. The number of benzene rings is 2. The summed E-state index contributed by atoms with van der Waals surface area (Å²) < 4.78 is 12.1. The number of oxazole rings is 1. The molecule has 39 heavy (non-hydrogen) atoms. The summed E-state index contributed by atoms with van der Waals surface area (Å²) in [5, 5.41) is 9.57. The molecule has 2 fully saturated rings. The molecule has 2 aromatic carbocycles. The maximum absolute atomic E-state index is 13.6. The van der Waals surface area contributed by atoms with Gasteiger partial charge in [-0.25, -0.2) is 4.98 Å². The maximum Gasteiger partial charge on any atom is 0.307 e. The number of aromatic nitrogens is 1. The molecule has 7 heteroatoms. The molecular weight excluding hydrogens is 492 g/mol. The Morgan fingerprint density at radius 1 is 1.03 bits per heavy atom. The Bertz CT molecular complexity index is 1290. The summed E-state index contributed by atoms with van der Waals surface area (Å²) in [6.45, 7) is 5.46. The zero-order valence-electron chi connectivity index (χ0n) is 22.8. The third-order valence-electron chi connectivity index (χ3n) is 8.33. The molecule has 0 bridgehead atoms. The van der Waals surface area contributed by atoms with Crippen LogP contribution in [-0.4, -0.2) is 39.5 Å². The third kappa shape index (κ3) is 6.41. The van der Waals surface area contributed by atoms with E-state index in [1.54, 1.807) is 0 Å². The normalized spacial score (nSPS) is 22.7. The minimum atomic E-state index is -0.858. The fourth-order valence-corrected chi connectivity index (χ4v) is 5.95. The van der Waals surface area contributed by atoms with Crippen LogP contribution in [0.25, 0.3) is 11.5 Å². The Morgan fingerprint density at radius 3 is 2.54 bits per heavy atom. The van der Waals surface area contributed by atoms with Crippen LogP contribution in [0.4, 0.5) is 0 Å². The van der Waals surface area contributed by atoms with Crippen molar-refractivity contribution in [2.45, 2.75) is 71.6 Å². The first kappa shape index (κ1) is 27.1. The van der Waals surface area contributed by atoms with E-state index in [-0.39, 0.29) is 11.9 Å². The molecule has 0 aliphatic heterocycles. The number of ether oxygens (including phenoxy) is 1. The van der Waals surface area contributed by atoms with Crippen LogP contribution in [0.2, 0.25) is 0 Å². The summed E-state index contributed by atoms with van der Waals surface area (Å²) in [5.74, 6) is -0.141. The molecule has 3 aromatic rings. The highest BCUT2D eigenvalue weighted by Crippen LogP contribution is 2.38. The largest absolute Gasteiger partial charge is 0.481 e.